The van der Waals surface area contributed by atoms with Gasteiger partial charge in [-0.1, -0.05) is 103 Å². The number of rotatable bonds is 20. The van der Waals surface area contributed by atoms with Gasteiger partial charge in [-0.05, 0) is 26.2 Å². The van der Waals surface area contributed by atoms with E-state index in [0.717, 1.165) is 38.5 Å². The summed E-state index contributed by atoms with van der Waals surface area (Å²) in [6.07, 6.45) is 20.6. The number of hydrogen-bond acceptors (Lipinski definition) is 3. The van der Waals surface area contributed by atoms with Crippen LogP contribution in [0.5, 0.6) is 0 Å². The fourth-order valence-electron chi connectivity index (χ4n) is 3.50. The topological polar surface area (TPSA) is 74.6 Å². The highest BCUT2D eigenvalue weighted by molar-refractivity contribution is 7.86. The highest BCUT2D eigenvalue weighted by Crippen LogP contribution is 2.16. The molecule has 0 aliphatic heterocycles. The van der Waals surface area contributed by atoms with Crippen LogP contribution in [0, 0.1) is 0 Å². The molecule has 0 saturated carbocycles. The van der Waals surface area contributed by atoms with Crippen molar-refractivity contribution in [2.75, 3.05) is 0 Å². The van der Waals surface area contributed by atoms with Crippen LogP contribution < -0.4 is 0 Å². The van der Waals surface area contributed by atoms with Crippen molar-refractivity contribution in [3.8, 4) is 0 Å². The molecule has 0 spiro atoms. The zero-order valence-corrected chi connectivity index (χ0v) is 18.8. The molecule has 0 saturated heterocycles. The van der Waals surface area contributed by atoms with Crippen LogP contribution in [-0.4, -0.2) is 29.4 Å². The third-order valence-electron chi connectivity index (χ3n) is 5.55. The third-order valence-corrected chi connectivity index (χ3v) is 6.80. The number of unbranched alkanes of at least 4 members (excludes halogenated alkanes) is 13. The Labute approximate surface area is 169 Å². The summed E-state index contributed by atoms with van der Waals surface area (Å²) in [7, 11) is -3.89. The summed E-state index contributed by atoms with van der Waals surface area (Å²) < 4.78 is 30.7. The van der Waals surface area contributed by atoms with Crippen LogP contribution in [-0.2, 0) is 10.1 Å². The van der Waals surface area contributed by atoms with Gasteiger partial charge in [-0.15, -0.1) is 0 Å². The average Bonchev–Trinajstić information content (AvgIpc) is 2.61. The van der Waals surface area contributed by atoms with E-state index in [4.69, 9.17) is 4.55 Å². The standard InChI is InChI=1S/C22H46O4S/c1-3-4-5-6-7-8-9-10-11-12-13-16-19-22(23)20-17-14-15-18-21(2)27(24,25)26/h21-23H,3-20H2,1-2H3,(H,24,25,26). The SMILES string of the molecule is CCCCCCCCCCCCCCC(O)CCCCCC(C)S(=O)(=O)O. The smallest absolute Gasteiger partial charge is 0.267 e. The Morgan fingerprint density at radius 1 is 0.630 bits per heavy atom. The van der Waals surface area contributed by atoms with E-state index >= 15 is 0 Å². The number of aliphatic hydroxyl groups excluding tert-OH is 1. The zero-order chi connectivity index (χ0) is 20.4. The molecule has 0 aliphatic carbocycles. The first kappa shape index (κ1) is 26.9. The molecule has 4 nitrogen and oxygen atoms in total. The third kappa shape index (κ3) is 19.0. The molecule has 0 fully saturated rings. The molecule has 0 heterocycles. The Hall–Kier alpha value is -0.130. The first-order valence-electron chi connectivity index (χ1n) is 11.5. The first-order chi connectivity index (χ1) is 12.9. The van der Waals surface area contributed by atoms with Gasteiger partial charge >= 0.3 is 0 Å². The van der Waals surface area contributed by atoms with Crippen LogP contribution in [0.2, 0.25) is 0 Å². The van der Waals surface area contributed by atoms with Crippen molar-refractivity contribution < 1.29 is 18.1 Å². The molecular weight excluding hydrogens is 360 g/mol. The van der Waals surface area contributed by atoms with Crippen molar-refractivity contribution in [1.82, 2.24) is 0 Å². The van der Waals surface area contributed by atoms with Gasteiger partial charge in [-0.3, -0.25) is 4.55 Å². The monoisotopic (exact) mass is 406 g/mol. The van der Waals surface area contributed by atoms with Gasteiger partial charge in [0, 0.05) is 0 Å². The maximum Gasteiger partial charge on any atom is 0.267 e. The minimum Gasteiger partial charge on any atom is -0.393 e. The van der Waals surface area contributed by atoms with Gasteiger partial charge in [0.05, 0.1) is 11.4 Å². The summed E-state index contributed by atoms with van der Waals surface area (Å²) in [6, 6.07) is 0. The van der Waals surface area contributed by atoms with Gasteiger partial charge < -0.3 is 5.11 Å². The van der Waals surface area contributed by atoms with Crippen LogP contribution >= 0.6 is 0 Å². The predicted molar refractivity (Wildman–Crippen MR) is 116 cm³/mol. The van der Waals surface area contributed by atoms with Crippen LogP contribution in [0.4, 0.5) is 0 Å². The lowest BCUT2D eigenvalue weighted by atomic mass is 10.0. The molecule has 0 rings (SSSR count). The van der Waals surface area contributed by atoms with Gasteiger partial charge in [-0.2, -0.15) is 8.42 Å². The molecule has 5 heteroatoms. The van der Waals surface area contributed by atoms with Crippen molar-refractivity contribution >= 4 is 10.1 Å². The molecule has 164 valence electrons. The molecule has 0 aromatic rings. The maximum absolute atomic E-state index is 10.9. The van der Waals surface area contributed by atoms with Gasteiger partial charge in [-0.25, -0.2) is 0 Å². The van der Waals surface area contributed by atoms with Crippen molar-refractivity contribution in [2.24, 2.45) is 0 Å². The molecule has 0 aromatic heterocycles. The highest BCUT2D eigenvalue weighted by Gasteiger charge is 2.16. The van der Waals surface area contributed by atoms with E-state index in [1.54, 1.807) is 0 Å². The lowest BCUT2D eigenvalue weighted by molar-refractivity contribution is 0.147. The Morgan fingerprint density at radius 3 is 1.37 bits per heavy atom. The lowest BCUT2D eigenvalue weighted by Gasteiger charge is -2.11. The van der Waals surface area contributed by atoms with E-state index in [1.807, 2.05) is 0 Å². The number of aliphatic hydroxyl groups is 1. The zero-order valence-electron chi connectivity index (χ0n) is 18.0. The summed E-state index contributed by atoms with van der Waals surface area (Å²) in [5.41, 5.74) is 0. The van der Waals surface area contributed by atoms with Gasteiger partial charge in [0.2, 0.25) is 0 Å². The summed E-state index contributed by atoms with van der Waals surface area (Å²) in [5.74, 6) is 0. The largest absolute Gasteiger partial charge is 0.393 e. The number of hydrogen-bond donors (Lipinski definition) is 2. The minimum atomic E-state index is -3.89. The van der Waals surface area contributed by atoms with E-state index in [2.05, 4.69) is 6.92 Å². The van der Waals surface area contributed by atoms with Gasteiger partial charge in [0.15, 0.2) is 0 Å². The van der Waals surface area contributed by atoms with Gasteiger partial charge in [0.1, 0.15) is 0 Å². The van der Waals surface area contributed by atoms with Gasteiger partial charge in [0.25, 0.3) is 10.1 Å². The fourth-order valence-corrected chi connectivity index (χ4v) is 3.97. The first-order valence-corrected chi connectivity index (χ1v) is 13.0. The second kappa shape index (κ2) is 17.9. The Bertz CT molecular complexity index is 409. The summed E-state index contributed by atoms with van der Waals surface area (Å²) in [5, 5.41) is 9.34. The second-order valence-electron chi connectivity index (χ2n) is 8.30. The summed E-state index contributed by atoms with van der Waals surface area (Å²) >= 11 is 0. The average molecular weight is 407 g/mol. The van der Waals surface area contributed by atoms with Crippen molar-refractivity contribution in [3.05, 3.63) is 0 Å². The Morgan fingerprint density at radius 2 is 0.963 bits per heavy atom. The van der Waals surface area contributed by atoms with E-state index < -0.39 is 15.4 Å². The predicted octanol–water partition coefficient (Wildman–Crippen LogP) is 6.67. The summed E-state index contributed by atoms with van der Waals surface area (Å²) in [6.45, 7) is 3.80. The highest BCUT2D eigenvalue weighted by atomic mass is 32.2. The Kier molecular flexibility index (Phi) is 17.8. The van der Waals surface area contributed by atoms with Crippen molar-refractivity contribution in [3.63, 3.8) is 0 Å². The van der Waals surface area contributed by atoms with Crippen LogP contribution in [0.3, 0.4) is 0 Å². The van der Waals surface area contributed by atoms with E-state index in [1.165, 1.54) is 77.6 Å². The summed E-state index contributed by atoms with van der Waals surface area (Å²) in [4.78, 5) is 0. The minimum absolute atomic E-state index is 0.216. The van der Waals surface area contributed by atoms with E-state index in [9.17, 15) is 13.5 Å². The second-order valence-corrected chi connectivity index (χ2v) is 10.1. The quantitative estimate of drug-likeness (QED) is 0.175. The lowest BCUT2D eigenvalue weighted by Crippen LogP contribution is -2.16. The molecule has 2 N–H and O–H groups in total. The molecule has 2 atom stereocenters. The van der Waals surface area contributed by atoms with Crippen LogP contribution in [0.1, 0.15) is 129 Å². The Balaban J connectivity index is 3.29. The molecule has 0 radical (unpaired) electrons. The van der Waals surface area contributed by atoms with Crippen LogP contribution in [0.25, 0.3) is 0 Å². The molecule has 0 aliphatic rings. The van der Waals surface area contributed by atoms with Crippen LogP contribution in [0.15, 0.2) is 0 Å². The molecule has 27 heavy (non-hydrogen) atoms. The molecule has 0 amide bonds. The molecule has 0 aromatic carbocycles. The molecular formula is C22H46O4S. The molecule has 0 bridgehead atoms. The van der Waals surface area contributed by atoms with E-state index in [-0.39, 0.29) is 6.10 Å². The normalized spacial score (nSPS) is 14.4. The fraction of sp³-hybridized carbons (Fsp3) is 1.00. The van der Waals surface area contributed by atoms with Crippen molar-refractivity contribution in [1.29, 1.82) is 0 Å². The maximum atomic E-state index is 10.9. The molecule has 2 unspecified atom stereocenters. The van der Waals surface area contributed by atoms with E-state index in [0.29, 0.717) is 6.42 Å². The van der Waals surface area contributed by atoms with Crippen molar-refractivity contribution in [2.45, 2.75) is 141 Å².